The van der Waals surface area contributed by atoms with Crippen LogP contribution in [-0.2, 0) is 0 Å². The van der Waals surface area contributed by atoms with E-state index in [1.165, 1.54) is 0 Å². The van der Waals surface area contributed by atoms with Crippen LogP contribution in [0.3, 0.4) is 0 Å². The highest BCUT2D eigenvalue weighted by molar-refractivity contribution is 5.97. The molecule has 1 aromatic carbocycles. The molecule has 2 heterocycles. The highest BCUT2D eigenvalue weighted by atomic mass is 16.5. The molecular formula is C28H40N6O3. The molecule has 0 fully saturated rings. The van der Waals surface area contributed by atoms with Crippen LogP contribution in [0.15, 0.2) is 36.4 Å². The van der Waals surface area contributed by atoms with Gasteiger partial charge in [-0.15, -0.1) is 0 Å². The van der Waals surface area contributed by atoms with E-state index in [4.69, 9.17) is 25.2 Å². The molecule has 0 aliphatic rings. The SMILES string of the molecule is CCCCCNc1ccc2cc(-c3cc(OCCCN)ccc3OC)c(NC(=O)NC(C)(C)C)nc2n1. The van der Waals surface area contributed by atoms with Gasteiger partial charge in [0.1, 0.15) is 23.1 Å². The van der Waals surface area contributed by atoms with Crippen LogP contribution >= 0.6 is 0 Å². The Kier molecular flexibility index (Phi) is 9.91. The van der Waals surface area contributed by atoms with Gasteiger partial charge in [-0.3, -0.25) is 5.32 Å². The van der Waals surface area contributed by atoms with Crippen LogP contribution in [0.2, 0.25) is 0 Å². The number of carbonyl (C=O) groups is 1. The van der Waals surface area contributed by atoms with Gasteiger partial charge in [-0.2, -0.15) is 0 Å². The lowest BCUT2D eigenvalue weighted by atomic mass is 10.0. The van der Waals surface area contributed by atoms with Gasteiger partial charge in [-0.05, 0) is 76.6 Å². The second kappa shape index (κ2) is 13.1. The summed E-state index contributed by atoms with van der Waals surface area (Å²) in [7, 11) is 1.61. The first-order valence-electron chi connectivity index (χ1n) is 12.9. The van der Waals surface area contributed by atoms with Crippen molar-refractivity contribution in [1.82, 2.24) is 15.3 Å². The first kappa shape index (κ1) is 28.0. The molecule has 0 unspecified atom stereocenters. The second-order valence-corrected chi connectivity index (χ2v) is 9.94. The molecule has 9 nitrogen and oxygen atoms in total. The number of unbranched alkanes of at least 4 members (excludes halogenated alkanes) is 2. The third-order valence-electron chi connectivity index (χ3n) is 5.56. The van der Waals surface area contributed by atoms with Gasteiger partial charge < -0.3 is 25.8 Å². The fourth-order valence-electron chi connectivity index (χ4n) is 3.78. The summed E-state index contributed by atoms with van der Waals surface area (Å²) in [5, 5.41) is 10.1. The molecule has 2 amide bonds. The van der Waals surface area contributed by atoms with Crippen molar-refractivity contribution in [1.29, 1.82) is 0 Å². The summed E-state index contributed by atoms with van der Waals surface area (Å²) in [5.74, 6) is 2.44. The van der Waals surface area contributed by atoms with E-state index >= 15 is 0 Å². The quantitative estimate of drug-likeness (QED) is 0.236. The lowest BCUT2D eigenvalue weighted by Crippen LogP contribution is -2.43. The number of pyridine rings is 2. The minimum atomic E-state index is -0.413. The molecule has 9 heteroatoms. The summed E-state index contributed by atoms with van der Waals surface area (Å²) < 4.78 is 11.5. The Morgan fingerprint density at radius 2 is 1.84 bits per heavy atom. The number of rotatable bonds is 12. The summed E-state index contributed by atoms with van der Waals surface area (Å²) in [4.78, 5) is 22.3. The van der Waals surface area contributed by atoms with E-state index in [0.717, 1.165) is 49.0 Å². The van der Waals surface area contributed by atoms with E-state index < -0.39 is 5.54 Å². The third-order valence-corrected chi connectivity index (χ3v) is 5.56. The number of carbonyl (C=O) groups excluding carboxylic acids is 1. The molecule has 0 aliphatic carbocycles. The molecule has 2 aromatic heterocycles. The largest absolute Gasteiger partial charge is 0.496 e. The number of hydrogen-bond donors (Lipinski definition) is 4. The van der Waals surface area contributed by atoms with Crippen LogP contribution in [0.4, 0.5) is 16.4 Å². The maximum atomic E-state index is 12.9. The lowest BCUT2D eigenvalue weighted by molar-refractivity contribution is 0.243. The van der Waals surface area contributed by atoms with Crippen molar-refractivity contribution in [3.05, 3.63) is 36.4 Å². The van der Waals surface area contributed by atoms with Crippen LogP contribution < -0.4 is 31.2 Å². The smallest absolute Gasteiger partial charge is 0.320 e. The monoisotopic (exact) mass is 508 g/mol. The van der Waals surface area contributed by atoms with Crippen LogP contribution in [0, 0.1) is 0 Å². The highest BCUT2D eigenvalue weighted by Gasteiger charge is 2.20. The fourth-order valence-corrected chi connectivity index (χ4v) is 3.78. The average molecular weight is 509 g/mol. The zero-order valence-corrected chi connectivity index (χ0v) is 22.6. The van der Waals surface area contributed by atoms with Crippen LogP contribution in [0.5, 0.6) is 11.5 Å². The van der Waals surface area contributed by atoms with Crippen LogP contribution in [-0.4, -0.2) is 48.3 Å². The summed E-state index contributed by atoms with van der Waals surface area (Å²) in [5.41, 5.74) is 7.17. The van der Waals surface area contributed by atoms with Crippen molar-refractivity contribution in [3.8, 4) is 22.6 Å². The van der Waals surface area contributed by atoms with Crippen molar-refractivity contribution in [2.24, 2.45) is 5.73 Å². The summed E-state index contributed by atoms with van der Waals surface area (Å²) in [6, 6.07) is 11.1. The number of anilines is 2. The maximum Gasteiger partial charge on any atom is 0.320 e. The van der Waals surface area contributed by atoms with Gasteiger partial charge in [-0.1, -0.05) is 19.8 Å². The number of nitrogens with one attached hydrogen (secondary N) is 3. The topological polar surface area (TPSA) is 123 Å². The molecule has 0 atom stereocenters. The normalized spacial score (nSPS) is 11.3. The van der Waals surface area contributed by atoms with Crippen molar-refractivity contribution in [2.45, 2.75) is 58.9 Å². The Bertz CT molecular complexity index is 1190. The minimum Gasteiger partial charge on any atom is -0.496 e. The van der Waals surface area contributed by atoms with Gasteiger partial charge in [0.25, 0.3) is 0 Å². The molecule has 0 radical (unpaired) electrons. The molecule has 0 saturated carbocycles. The molecular weight excluding hydrogens is 468 g/mol. The summed E-state index contributed by atoms with van der Waals surface area (Å²) >= 11 is 0. The number of nitrogens with zero attached hydrogens (tertiary/aromatic N) is 2. The minimum absolute atomic E-state index is 0.358. The van der Waals surface area contributed by atoms with Crippen LogP contribution in [0.25, 0.3) is 22.2 Å². The van der Waals surface area contributed by atoms with Gasteiger partial charge in [0.2, 0.25) is 0 Å². The number of fused-ring (bicyclic) bond motifs is 1. The number of nitrogens with two attached hydrogens (primary N) is 1. The van der Waals surface area contributed by atoms with Crippen molar-refractivity contribution < 1.29 is 14.3 Å². The van der Waals surface area contributed by atoms with Gasteiger partial charge in [0, 0.05) is 28.6 Å². The van der Waals surface area contributed by atoms with E-state index in [-0.39, 0.29) is 6.03 Å². The Hall–Kier alpha value is -3.59. The molecule has 0 bridgehead atoms. The molecule has 3 rings (SSSR count). The first-order chi connectivity index (χ1) is 17.7. The molecule has 0 saturated heterocycles. The van der Waals surface area contributed by atoms with Gasteiger partial charge in [-0.25, -0.2) is 14.8 Å². The molecule has 0 spiro atoms. The van der Waals surface area contributed by atoms with Crippen molar-refractivity contribution in [3.63, 3.8) is 0 Å². The van der Waals surface area contributed by atoms with Crippen molar-refractivity contribution >= 4 is 28.7 Å². The van der Waals surface area contributed by atoms with E-state index in [1.807, 2.05) is 57.2 Å². The highest BCUT2D eigenvalue weighted by Crippen LogP contribution is 2.38. The number of benzene rings is 1. The van der Waals surface area contributed by atoms with Gasteiger partial charge >= 0.3 is 6.03 Å². The predicted octanol–water partition coefficient (Wildman–Crippen LogP) is 5.56. The molecule has 37 heavy (non-hydrogen) atoms. The van der Waals surface area contributed by atoms with E-state index in [0.29, 0.717) is 41.7 Å². The first-order valence-corrected chi connectivity index (χ1v) is 12.9. The number of ether oxygens (including phenoxy) is 2. The number of hydrogen-bond acceptors (Lipinski definition) is 7. The Labute approximate surface area is 219 Å². The Morgan fingerprint density at radius 3 is 2.54 bits per heavy atom. The average Bonchev–Trinajstić information content (AvgIpc) is 2.85. The van der Waals surface area contributed by atoms with E-state index in [2.05, 4.69) is 22.9 Å². The molecule has 5 N–H and O–H groups in total. The number of urea groups is 1. The van der Waals surface area contributed by atoms with Gasteiger partial charge in [0.05, 0.1) is 13.7 Å². The zero-order chi connectivity index (χ0) is 26.8. The summed E-state index contributed by atoms with van der Waals surface area (Å²) in [6.07, 6.45) is 4.15. The maximum absolute atomic E-state index is 12.9. The fraction of sp³-hybridized carbons (Fsp3) is 0.464. The molecule has 200 valence electrons. The number of amides is 2. The summed E-state index contributed by atoms with van der Waals surface area (Å²) in [6.45, 7) is 9.85. The van der Waals surface area contributed by atoms with E-state index in [1.54, 1.807) is 7.11 Å². The Balaban J connectivity index is 2.05. The number of aromatic nitrogens is 2. The van der Waals surface area contributed by atoms with Crippen molar-refractivity contribution in [2.75, 3.05) is 37.4 Å². The number of methoxy groups -OCH3 is 1. The third kappa shape index (κ3) is 8.21. The Morgan fingerprint density at radius 1 is 1.03 bits per heavy atom. The zero-order valence-electron chi connectivity index (χ0n) is 22.6. The van der Waals surface area contributed by atoms with Crippen LogP contribution in [0.1, 0.15) is 53.4 Å². The van der Waals surface area contributed by atoms with Gasteiger partial charge in [0.15, 0.2) is 5.65 Å². The van der Waals surface area contributed by atoms with E-state index in [9.17, 15) is 4.79 Å². The second-order valence-electron chi connectivity index (χ2n) is 9.94. The molecule has 0 aliphatic heterocycles. The standard InChI is InChI=1S/C28H40N6O3/c1-6-7-8-15-30-24-13-10-19-17-22(21-18-20(37-16-9-14-29)11-12-23(21)36-5)26(32-25(19)31-24)33-27(35)34-28(2,3)4/h10-13,17-18H,6-9,14-16,29H2,1-5H3,(H3,30,31,32,33,34,35). The molecule has 3 aromatic rings. The predicted molar refractivity (Wildman–Crippen MR) is 151 cm³/mol. The lowest BCUT2D eigenvalue weighted by Gasteiger charge is -2.22.